The molecule has 8 nitrogen and oxygen atoms in total. The molecular formula is C21H17F3N4O4. The zero-order valence-electron chi connectivity index (χ0n) is 16.6. The first-order valence-corrected chi connectivity index (χ1v) is 9.26. The first-order chi connectivity index (χ1) is 15.1. The molecule has 166 valence electrons. The van der Waals surface area contributed by atoms with Crippen LogP contribution >= 0.6 is 0 Å². The van der Waals surface area contributed by atoms with Gasteiger partial charge < -0.3 is 15.5 Å². The minimum atomic E-state index is -4.70. The molecular weight excluding hydrogens is 429 g/mol. The van der Waals surface area contributed by atoms with Crippen LogP contribution in [0.2, 0.25) is 0 Å². The average Bonchev–Trinajstić information content (AvgIpc) is 3.15. The van der Waals surface area contributed by atoms with Crippen LogP contribution in [0.4, 0.5) is 13.2 Å². The van der Waals surface area contributed by atoms with E-state index in [-0.39, 0.29) is 23.7 Å². The largest absolute Gasteiger partial charge is 0.435 e. The quantitative estimate of drug-likeness (QED) is 0.537. The number of Topliss-reactive ketones (excluding diaryl/α,β-unsaturated/α-hetero) is 1. The normalized spacial score (nSPS) is 12.2. The first-order valence-electron chi connectivity index (χ1n) is 9.26. The Balaban J connectivity index is 1.93. The minimum absolute atomic E-state index is 0.00908. The van der Waals surface area contributed by atoms with Crippen LogP contribution in [-0.2, 0) is 22.2 Å². The van der Waals surface area contributed by atoms with Gasteiger partial charge in [-0.1, -0.05) is 36.4 Å². The van der Waals surface area contributed by atoms with Crippen molar-refractivity contribution in [1.29, 1.82) is 0 Å². The first kappa shape index (κ1) is 22.7. The van der Waals surface area contributed by atoms with E-state index in [1.165, 1.54) is 13.0 Å². The molecule has 11 heteroatoms. The van der Waals surface area contributed by atoms with E-state index < -0.39 is 41.3 Å². The fourth-order valence-corrected chi connectivity index (χ4v) is 2.93. The molecule has 0 saturated carbocycles. The van der Waals surface area contributed by atoms with E-state index in [4.69, 9.17) is 10.2 Å². The third-order valence-electron chi connectivity index (χ3n) is 4.37. The van der Waals surface area contributed by atoms with E-state index in [2.05, 4.69) is 15.3 Å². The summed E-state index contributed by atoms with van der Waals surface area (Å²) in [6, 6.07) is 10.3. The zero-order valence-corrected chi connectivity index (χ0v) is 16.6. The van der Waals surface area contributed by atoms with Crippen LogP contribution in [0.1, 0.15) is 27.7 Å². The van der Waals surface area contributed by atoms with E-state index >= 15 is 0 Å². The van der Waals surface area contributed by atoms with Gasteiger partial charge in [0.25, 0.3) is 11.8 Å². The van der Waals surface area contributed by atoms with Crippen molar-refractivity contribution >= 4 is 17.6 Å². The van der Waals surface area contributed by atoms with Gasteiger partial charge in [0.2, 0.25) is 11.5 Å². The Hall–Kier alpha value is -4.02. The molecule has 0 spiro atoms. The highest BCUT2D eigenvalue weighted by atomic mass is 19.4. The van der Waals surface area contributed by atoms with Crippen LogP contribution in [-0.4, -0.2) is 33.6 Å². The van der Waals surface area contributed by atoms with Gasteiger partial charge in [-0.25, -0.2) is 9.97 Å². The number of nitrogens with one attached hydrogen (secondary N) is 1. The lowest BCUT2D eigenvalue weighted by atomic mass is 10.0. The lowest BCUT2D eigenvalue weighted by Crippen LogP contribution is -2.47. The lowest BCUT2D eigenvalue weighted by molar-refractivity contribution is -0.141. The van der Waals surface area contributed by atoms with E-state index in [0.29, 0.717) is 5.56 Å². The Kier molecular flexibility index (Phi) is 6.37. The molecule has 1 atom stereocenters. The molecule has 3 aromatic rings. The number of rotatable bonds is 7. The van der Waals surface area contributed by atoms with Crippen molar-refractivity contribution in [3.05, 3.63) is 71.4 Å². The van der Waals surface area contributed by atoms with Crippen LogP contribution < -0.4 is 11.1 Å². The topological polar surface area (TPSA) is 128 Å². The van der Waals surface area contributed by atoms with Gasteiger partial charge in [0.05, 0.1) is 5.69 Å². The molecule has 2 heterocycles. The number of primary amides is 1. The summed E-state index contributed by atoms with van der Waals surface area (Å²) in [4.78, 5) is 44.0. The van der Waals surface area contributed by atoms with Gasteiger partial charge in [-0.15, -0.1) is 0 Å². The van der Waals surface area contributed by atoms with Gasteiger partial charge in [-0.05, 0) is 17.7 Å². The summed E-state index contributed by atoms with van der Waals surface area (Å²) >= 11 is 0. The monoisotopic (exact) mass is 446 g/mol. The number of aromatic nitrogens is 2. The molecule has 3 rings (SSSR count). The van der Waals surface area contributed by atoms with Crippen LogP contribution in [0.3, 0.4) is 0 Å². The number of hydrogen-bond donors (Lipinski definition) is 2. The van der Waals surface area contributed by atoms with Crippen molar-refractivity contribution in [2.45, 2.75) is 25.6 Å². The maximum Gasteiger partial charge on any atom is 0.433 e. The van der Waals surface area contributed by atoms with Crippen molar-refractivity contribution in [2.75, 3.05) is 0 Å². The highest BCUT2D eigenvalue weighted by Gasteiger charge is 2.34. The zero-order chi connectivity index (χ0) is 23.5. The van der Waals surface area contributed by atoms with Crippen LogP contribution in [0, 0.1) is 6.92 Å². The lowest BCUT2D eigenvalue weighted by Gasteiger charge is -2.16. The van der Waals surface area contributed by atoms with E-state index in [1.807, 2.05) is 0 Å². The number of pyridine rings is 1. The fraction of sp³-hybridized carbons (Fsp3) is 0.190. The fourth-order valence-electron chi connectivity index (χ4n) is 2.93. The highest BCUT2D eigenvalue weighted by Crippen LogP contribution is 2.30. The summed E-state index contributed by atoms with van der Waals surface area (Å²) in [6.45, 7) is 1.39. The minimum Gasteiger partial charge on any atom is -0.435 e. The number of aryl methyl sites for hydroxylation is 1. The number of alkyl halides is 3. The molecule has 0 radical (unpaired) electrons. The Morgan fingerprint density at radius 2 is 1.75 bits per heavy atom. The summed E-state index contributed by atoms with van der Waals surface area (Å²) in [5.41, 5.74) is 4.07. The Labute approximate surface area is 179 Å². The van der Waals surface area contributed by atoms with Gasteiger partial charge >= 0.3 is 6.18 Å². The molecule has 0 bridgehead atoms. The predicted octanol–water partition coefficient (Wildman–Crippen LogP) is 2.46. The molecule has 1 aromatic carbocycles. The van der Waals surface area contributed by atoms with E-state index in [9.17, 15) is 27.6 Å². The van der Waals surface area contributed by atoms with Gasteiger partial charge in [0, 0.05) is 13.3 Å². The van der Waals surface area contributed by atoms with Crippen molar-refractivity contribution in [2.24, 2.45) is 5.73 Å². The number of carbonyl (C=O) groups excluding carboxylic acids is 3. The molecule has 32 heavy (non-hydrogen) atoms. The highest BCUT2D eigenvalue weighted by molar-refractivity contribution is 6.38. The van der Waals surface area contributed by atoms with Crippen LogP contribution in [0.25, 0.3) is 11.4 Å². The molecule has 0 aliphatic heterocycles. The smallest absolute Gasteiger partial charge is 0.433 e. The van der Waals surface area contributed by atoms with E-state index in [0.717, 1.165) is 12.1 Å². The summed E-state index contributed by atoms with van der Waals surface area (Å²) in [5.74, 6) is -3.72. The van der Waals surface area contributed by atoms with Crippen molar-refractivity contribution in [3.8, 4) is 11.4 Å². The second kappa shape index (κ2) is 9.00. The average molecular weight is 446 g/mol. The number of benzene rings is 1. The SMILES string of the molecule is Cc1nc(-c2cccc(C(F)(F)F)n2)c(C(=O)NC(Cc2ccccc2)C(=O)C(N)=O)o1. The summed E-state index contributed by atoms with van der Waals surface area (Å²) < 4.78 is 44.3. The number of carbonyl (C=O) groups is 3. The number of nitrogens with zero attached hydrogens (tertiary/aromatic N) is 2. The predicted molar refractivity (Wildman–Crippen MR) is 105 cm³/mol. The molecule has 0 saturated heterocycles. The number of halogens is 3. The maximum absolute atomic E-state index is 13.0. The second-order valence-electron chi connectivity index (χ2n) is 6.76. The van der Waals surface area contributed by atoms with Gasteiger partial charge in [0.1, 0.15) is 17.4 Å². The number of nitrogens with two attached hydrogens (primary N) is 1. The van der Waals surface area contributed by atoms with Crippen LogP contribution in [0.5, 0.6) is 0 Å². The number of oxazole rings is 1. The molecule has 3 N–H and O–H groups in total. The molecule has 2 aromatic heterocycles. The van der Waals surface area contributed by atoms with Gasteiger partial charge in [-0.2, -0.15) is 13.2 Å². The van der Waals surface area contributed by atoms with E-state index in [1.54, 1.807) is 30.3 Å². The Bertz CT molecular complexity index is 1160. The summed E-state index contributed by atoms with van der Waals surface area (Å²) in [5, 5.41) is 2.36. The van der Waals surface area contributed by atoms with Crippen LogP contribution in [0.15, 0.2) is 52.9 Å². The van der Waals surface area contributed by atoms with Gasteiger partial charge in [-0.3, -0.25) is 14.4 Å². The Morgan fingerprint density at radius 1 is 1.06 bits per heavy atom. The summed E-state index contributed by atoms with van der Waals surface area (Å²) in [7, 11) is 0. The number of amides is 2. The maximum atomic E-state index is 13.0. The molecule has 1 unspecified atom stereocenters. The molecule has 0 aliphatic carbocycles. The second-order valence-corrected chi connectivity index (χ2v) is 6.76. The van der Waals surface area contributed by atoms with Gasteiger partial charge in [0.15, 0.2) is 5.89 Å². The Morgan fingerprint density at radius 3 is 2.38 bits per heavy atom. The van der Waals surface area contributed by atoms with Crippen molar-refractivity contribution in [3.63, 3.8) is 0 Å². The number of hydrogen-bond acceptors (Lipinski definition) is 6. The standard InChI is InChI=1S/C21H17F3N4O4/c1-11-26-16(13-8-5-9-15(27-13)21(22,23)24)18(32-11)20(31)28-14(17(29)19(25)30)10-12-6-3-2-4-7-12/h2-9,14H,10H2,1H3,(H2,25,30)(H,28,31). The third-order valence-corrected chi connectivity index (χ3v) is 4.37. The van der Waals surface area contributed by atoms with Crippen molar-refractivity contribution in [1.82, 2.24) is 15.3 Å². The van der Waals surface area contributed by atoms with Crippen molar-refractivity contribution < 1.29 is 32.0 Å². The summed E-state index contributed by atoms with van der Waals surface area (Å²) in [6.07, 6.45) is -4.75. The molecule has 2 amide bonds. The third kappa shape index (κ3) is 5.17. The molecule has 0 aliphatic rings. The molecule has 0 fully saturated rings. The number of ketones is 1.